The van der Waals surface area contributed by atoms with Crippen molar-refractivity contribution in [3.8, 4) is 0 Å². The predicted octanol–water partition coefficient (Wildman–Crippen LogP) is 1.81. The first kappa shape index (κ1) is 15.0. The predicted molar refractivity (Wildman–Crippen MR) is 72.7 cm³/mol. The molecule has 1 fully saturated rings. The van der Waals surface area contributed by atoms with Gasteiger partial charge in [0.1, 0.15) is 0 Å². The van der Waals surface area contributed by atoms with Crippen molar-refractivity contribution < 1.29 is 14.3 Å². The topological polar surface area (TPSA) is 72.4 Å². The Hall–Kier alpha value is -1.40. The number of hydrogen-bond donors (Lipinski definition) is 0. The second kappa shape index (κ2) is 6.37. The van der Waals surface area contributed by atoms with Crippen LogP contribution in [0.5, 0.6) is 0 Å². The maximum atomic E-state index is 12.4. The van der Waals surface area contributed by atoms with E-state index in [0.29, 0.717) is 19.5 Å². The van der Waals surface area contributed by atoms with E-state index in [4.69, 9.17) is 27.9 Å². The summed E-state index contributed by atoms with van der Waals surface area (Å²) in [5.41, 5.74) is 0.192. The number of aromatic nitrogens is 2. The van der Waals surface area contributed by atoms with E-state index < -0.39 is 0 Å². The SMILES string of the molecule is COC(=O)C1CCCN(C(=O)c2cc(Cl)nnc2Cl)C1. The molecule has 1 unspecified atom stereocenters. The highest BCUT2D eigenvalue weighted by molar-refractivity contribution is 6.34. The number of nitrogens with zero attached hydrogens (tertiary/aromatic N) is 3. The zero-order valence-electron chi connectivity index (χ0n) is 10.8. The monoisotopic (exact) mass is 317 g/mol. The fourth-order valence-electron chi connectivity index (χ4n) is 2.19. The second-order valence-corrected chi connectivity index (χ2v) is 5.23. The van der Waals surface area contributed by atoms with Crippen molar-refractivity contribution in [1.29, 1.82) is 0 Å². The minimum atomic E-state index is -0.306. The maximum Gasteiger partial charge on any atom is 0.310 e. The van der Waals surface area contributed by atoms with Crippen LogP contribution in [0.25, 0.3) is 0 Å². The highest BCUT2D eigenvalue weighted by Crippen LogP contribution is 2.22. The highest BCUT2D eigenvalue weighted by Gasteiger charge is 2.30. The molecular formula is C12H13Cl2N3O3. The van der Waals surface area contributed by atoms with Gasteiger partial charge in [0.05, 0.1) is 18.6 Å². The van der Waals surface area contributed by atoms with E-state index >= 15 is 0 Å². The average Bonchev–Trinajstić information content (AvgIpc) is 2.48. The van der Waals surface area contributed by atoms with Gasteiger partial charge in [0.15, 0.2) is 10.3 Å². The minimum absolute atomic E-state index is 0.000378. The fraction of sp³-hybridized carbons (Fsp3) is 0.500. The Morgan fingerprint density at radius 1 is 1.40 bits per heavy atom. The molecule has 1 aromatic heterocycles. The van der Waals surface area contributed by atoms with Crippen molar-refractivity contribution in [2.75, 3.05) is 20.2 Å². The molecule has 0 aromatic carbocycles. The van der Waals surface area contributed by atoms with E-state index in [2.05, 4.69) is 10.2 Å². The molecule has 0 N–H and O–H groups in total. The van der Waals surface area contributed by atoms with Gasteiger partial charge in [-0.2, -0.15) is 0 Å². The van der Waals surface area contributed by atoms with Crippen molar-refractivity contribution in [2.24, 2.45) is 5.92 Å². The summed E-state index contributed by atoms with van der Waals surface area (Å²) in [6.07, 6.45) is 1.44. The van der Waals surface area contributed by atoms with Gasteiger partial charge in [-0.05, 0) is 18.9 Å². The van der Waals surface area contributed by atoms with Crippen LogP contribution in [-0.2, 0) is 9.53 Å². The van der Waals surface area contributed by atoms with Gasteiger partial charge in [-0.3, -0.25) is 9.59 Å². The third kappa shape index (κ3) is 3.19. The summed E-state index contributed by atoms with van der Waals surface area (Å²) in [6.45, 7) is 0.865. The quantitative estimate of drug-likeness (QED) is 0.778. The summed E-state index contributed by atoms with van der Waals surface area (Å²) < 4.78 is 4.72. The molecule has 1 saturated heterocycles. The maximum absolute atomic E-state index is 12.4. The third-order valence-electron chi connectivity index (χ3n) is 3.19. The van der Waals surface area contributed by atoms with Crippen molar-refractivity contribution >= 4 is 35.1 Å². The summed E-state index contributed by atoms with van der Waals surface area (Å²) in [5.74, 6) is -0.915. The lowest BCUT2D eigenvalue weighted by Crippen LogP contribution is -2.42. The van der Waals surface area contributed by atoms with E-state index in [1.54, 1.807) is 4.90 Å². The molecule has 0 radical (unpaired) electrons. The van der Waals surface area contributed by atoms with Crippen LogP contribution in [0, 0.1) is 5.92 Å². The molecule has 1 aromatic rings. The van der Waals surface area contributed by atoms with Gasteiger partial charge in [0, 0.05) is 13.1 Å². The van der Waals surface area contributed by atoms with Crippen LogP contribution in [0.3, 0.4) is 0 Å². The molecule has 0 spiro atoms. The number of halogens is 2. The molecule has 2 rings (SSSR count). The largest absolute Gasteiger partial charge is 0.469 e. The number of methoxy groups -OCH3 is 1. The zero-order valence-corrected chi connectivity index (χ0v) is 12.3. The molecule has 0 aliphatic carbocycles. The van der Waals surface area contributed by atoms with E-state index in [1.807, 2.05) is 0 Å². The first-order valence-electron chi connectivity index (χ1n) is 6.08. The molecule has 8 heteroatoms. The molecule has 1 amide bonds. The summed E-state index contributed by atoms with van der Waals surface area (Å²) in [6, 6.07) is 1.38. The van der Waals surface area contributed by atoms with Gasteiger partial charge in [-0.25, -0.2) is 0 Å². The van der Waals surface area contributed by atoms with Crippen molar-refractivity contribution in [3.63, 3.8) is 0 Å². The average molecular weight is 318 g/mol. The van der Waals surface area contributed by atoms with E-state index in [0.717, 1.165) is 6.42 Å². The molecule has 0 saturated carbocycles. The standard InChI is InChI=1S/C12H13Cl2N3O3/c1-20-12(19)7-3-2-4-17(6-7)11(18)8-5-9(13)15-16-10(8)14/h5,7H,2-4,6H2,1H3. The highest BCUT2D eigenvalue weighted by atomic mass is 35.5. The Labute approximate surface area is 126 Å². The lowest BCUT2D eigenvalue weighted by molar-refractivity contribution is -0.146. The number of esters is 1. The van der Waals surface area contributed by atoms with Crippen LogP contribution in [0.1, 0.15) is 23.2 Å². The van der Waals surface area contributed by atoms with Crippen LogP contribution < -0.4 is 0 Å². The Morgan fingerprint density at radius 3 is 2.85 bits per heavy atom. The molecule has 1 atom stereocenters. The van der Waals surface area contributed by atoms with Gasteiger partial charge < -0.3 is 9.64 Å². The Kier molecular flexibility index (Phi) is 4.77. The van der Waals surface area contributed by atoms with Crippen molar-refractivity contribution in [2.45, 2.75) is 12.8 Å². The van der Waals surface area contributed by atoms with Gasteiger partial charge in [-0.15, -0.1) is 10.2 Å². The summed E-state index contributed by atoms with van der Waals surface area (Å²) in [5, 5.41) is 7.27. The summed E-state index contributed by atoms with van der Waals surface area (Å²) >= 11 is 11.6. The van der Waals surface area contributed by atoms with Gasteiger partial charge in [0.2, 0.25) is 0 Å². The van der Waals surface area contributed by atoms with E-state index in [1.165, 1.54) is 13.2 Å². The Morgan fingerprint density at radius 2 is 2.15 bits per heavy atom. The third-order valence-corrected chi connectivity index (χ3v) is 3.66. The normalized spacial score (nSPS) is 18.8. The minimum Gasteiger partial charge on any atom is -0.469 e. The number of rotatable bonds is 2. The number of likely N-dealkylation sites (tertiary alicyclic amines) is 1. The lowest BCUT2D eigenvalue weighted by Gasteiger charge is -2.31. The summed E-state index contributed by atoms with van der Waals surface area (Å²) in [7, 11) is 1.34. The van der Waals surface area contributed by atoms with Crippen LogP contribution >= 0.6 is 23.2 Å². The number of carbonyl (C=O) groups excluding carboxylic acids is 2. The molecule has 0 bridgehead atoms. The van der Waals surface area contributed by atoms with Crippen LogP contribution in [0.4, 0.5) is 0 Å². The number of amides is 1. The number of piperidine rings is 1. The van der Waals surface area contributed by atoms with Crippen molar-refractivity contribution in [3.05, 3.63) is 21.9 Å². The number of ether oxygens (including phenoxy) is 1. The zero-order chi connectivity index (χ0) is 14.7. The van der Waals surface area contributed by atoms with Crippen LogP contribution in [0.15, 0.2) is 6.07 Å². The fourth-order valence-corrected chi connectivity index (χ4v) is 2.51. The van der Waals surface area contributed by atoms with E-state index in [-0.39, 0.29) is 33.7 Å². The smallest absolute Gasteiger partial charge is 0.310 e. The molecule has 20 heavy (non-hydrogen) atoms. The second-order valence-electron chi connectivity index (χ2n) is 4.49. The van der Waals surface area contributed by atoms with Gasteiger partial charge in [-0.1, -0.05) is 23.2 Å². The summed E-state index contributed by atoms with van der Waals surface area (Å²) in [4.78, 5) is 25.5. The number of hydrogen-bond acceptors (Lipinski definition) is 5. The first-order chi connectivity index (χ1) is 9.52. The van der Waals surface area contributed by atoms with Gasteiger partial charge in [0.25, 0.3) is 5.91 Å². The van der Waals surface area contributed by atoms with Crippen LogP contribution in [0.2, 0.25) is 10.3 Å². The Balaban J connectivity index is 2.16. The van der Waals surface area contributed by atoms with Crippen molar-refractivity contribution in [1.82, 2.24) is 15.1 Å². The molecule has 6 nitrogen and oxygen atoms in total. The molecule has 1 aliphatic rings. The Bertz CT molecular complexity index is 539. The lowest BCUT2D eigenvalue weighted by atomic mass is 9.98. The first-order valence-corrected chi connectivity index (χ1v) is 6.84. The van der Waals surface area contributed by atoms with Gasteiger partial charge >= 0.3 is 5.97 Å². The molecule has 108 valence electrons. The van der Waals surface area contributed by atoms with Crippen LogP contribution in [-0.4, -0.2) is 47.2 Å². The van der Waals surface area contributed by atoms with E-state index in [9.17, 15) is 9.59 Å². The molecular weight excluding hydrogens is 305 g/mol. The molecule has 1 aliphatic heterocycles. The number of carbonyl (C=O) groups is 2. The molecule has 2 heterocycles.